The molecule has 0 amide bonds. The molecule has 0 spiro atoms. The van der Waals surface area contributed by atoms with Crippen LogP contribution >= 0.6 is 0 Å². The molecule has 14 heavy (non-hydrogen) atoms. The Labute approximate surface area is 83.6 Å². The Balaban J connectivity index is 2.21. The zero-order valence-electron chi connectivity index (χ0n) is 8.35. The molecule has 4 heteroatoms. The minimum Gasteiger partial charge on any atom is -0.394 e. The Morgan fingerprint density at radius 3 is 3.21 bits per heavy atom. The van der Waals surface area contributed by atoms with E-state index in [4.69, 9.17) is 5.11 Å². The van der Waals surface area contributed by atoms with E-state index in [0.717, 1.165) is 31.0 Å². The van der Waals surface area contributed by atoms with Crippen LogP contribution in [-0.2, 0) is 0 Å². The van der Waals surface area contributed by atoms with Gasteiger partial charge in [-0.25, -0.2) is 9.97 Å². The van der Waals surface area contributed by atoms with Gasteiger partial charge >= 0.3 is 0 Å². The number of rotatable bonds is 2. The van der Waals surface area contributed by atoms with Gasteiger partial charge in [-0.2, -0.15) is 0 Å². The zero-order chi connectivity index (χ0) is 9.97. The normalized spacial score (nSPS) is 21.6. The molecule has 1 atom stereocenters. The molecular weight excluding hydrogens is 178 g/mol. The summed E-state index contributed by atoms with van der Waals surface area (Å²) in [6.07, 6.45) is 3.92. The van der Waals surface area contributed by atoms with Crippen molar-refractivity contribution < 1.29 is 5.11 Å². The zero-order valence-corrected chi connectivity index (χ0v) is 8.35. The molecule has 1 aliphatic rings. The lowest BCUT2D eigenvalue weighted by atomic mass is 10.2. The lowest BCUT2D eigenvalue weighted by Gasteiger charge is -2.22. The van der Waals surface area contributed by atoms with E-state index in [1.165, 1.54) is 0 Å². The first kappa shape index (κ1) is 9.40. The van der Waals surface area contributed by atoms with E-state index < -0.39 is 0 Å². The van der Waals surface area contributed by atoms with Crippen LogP contribution in [0.5, 0.6) is 0 Å². The predicted octanol–water partition coefficient (Wildman–Crippen LogP) is 0.746. The van der Waals surface area contributed by atoms with Gasteiger partial charge in [0, 0.05) is 18.4 Å². The highest BCUT2D eigenvalue weighted by molar-refractivity contribution is 5.33. The monoisotopic (exact) mass is 193 g/mol. The van der Waals surface area contributed by atoms with E-state index in [1.807, 2.05) is 13.0 Å². The third-order valence-corrected chi connectivity index (χ3v) is 2.63. The minimum absolute atomic E-state index is 0.192. The average molecular weight is 193 g/mol. The predicted molar refractivity (Wildman–Crippen MR) is 54.2 cm³/mol. The molecule has 1 aromatic heterocycles. The first-order valence-electron chi connectivity index (χ1n) is 4.98. The van der Waals surface area contributed by atoms with Crippen LogP contribution in [-0.4, -0.2) is 34.3 Å². The van der Waals surface area contributed by atoms with Gasteiger partial charge in [-0.3, -0.25) is 0 Å². The van der Waals surface area contributed by atoms with Gasteiger partial charge in [0.05, 0.1) is 12.6 Å². The molecule has 0 aromatic carbocycles. The molecule has 1 fully saturated rings. The highest BCUT2D eigenvalue weighted by Gasteiger charge is 2.25. The molecule has 4 nitrogen and oxygen atoms in total. The van der Waals surface area contributed by atoms with E-state index in [2.05, 4.69) is 14.9 Å². The van der Waals surface area contributed by atoms with Crippen LogP contribution in [0.25, 0.3) is 0 Å². The molecule has 1 saturated heterocycles. The van der Waals surface area contributed by atoms with Gasteiger partial charge in [0.25, 0.3) is 0 Å². The maximum Gasteiger partial charge on any atom is 0.225 e. The third kappa shape index (κ3) is 1.70. The van der Waals surface area contributed by atoms with Gasteiger partial charge < -0.3 is 10.0 Å². The fourth-order valence-corrected chi connectivity index (χ4v) is 1.86. The van der Waals surface area contributed by atoms with Crippen LogP contribution in [0.2, 0.25) is 0 Å². The van der Waals surface area contributed by atoms with Crippen molar-refractivity contribution in [1.29, 1.82) is 0 Å². The summed E-state index contributed by atoms with van der Waals surface area (Å²) in [5, 5.41) is 9.17. The Kier molecular flexibility index (Phi) is 2.63. The molecule has 0 saturated carbocycles. The standard InChI is InChI=1S/C10H15N3O/c1-8-4-5-11-10(12-8)13-6-2-3-9(13)7-14/h4-5,9,14H,2-3,6-7H2,1H3. The number of hydrogen-bond acceptors (Lipinski definition) is 4. The summed E-state index contributed by atoms with van der Waals surface area (Å²) < 4.78 is 0. The first-order chi connectivity index (χ1) is 6.81. The fourth-order valence-electron chi connectivity index (χ4n) is 1.86. The van der Waals surface area contributed by atoms with Crippen molar-refractivity contribution in [3.05, 3.63) is 18.0 Å². The van der Waals surface area contributed by atoms with E-state index in [1.54, 1.807) is 6.20 Å². The largest absolute Gasteiger partial charge is 0.394 e. The van der Waals surface area contributed by atoms with Crippen molar-refractivity contribution in [2.24, 2.45) is 0 Å². The van der Waals surface area contributed by atoms with Gasteiger partial charge in [0.2, 0.25) is 5.95 Å². The SMILES string of the molecule is Cc1ccnc(N2CCCC2CO)n1. The van der Waals surface area contributed by atoms with Gasteiger partial charge in [0.1, 0.15) is 0 Å². The Morgan fingerprint density at radius 2 is 2.50 bits per heavy atom. The van der Waals surface area contributed by atoms with Gasteiger partial charge in [-0.1, -0.05) is 0 Å². The number of aryl methyl sites for hydroxylation is 1. The van der Waals surface area contributed by atoms with Crippen LogP contribution in [0, 0.1) is 6.92 Å². The number of aliphatic hydroxyl groups is 1. The first-order valence-corrected chi connectivity index (χ1v) is 4.98. The second kappa shape index (κ2) is 3.92. The maximum atomic E-state index is 9.17. The molecule has 1 aromatic rings. The molecule has 1 unspecified atom stereocenters. The number of nitrogens with zero attached hydrogens (tertiary/aromatic N) is 3. The number of anilines is 1. The number of aliphatic hydroxyl groups excluding tert-OH is 1. The van der Waals surface area contributed by atoms with Crippen LogP contribution in [0.15, 0.2) is 12.3 Å². The second-order valence-electron chi connectivity index (χ2n) is 3.67. The van der Waals surface area contributed by atoms with Crippen molar-refractivity contribution in [3.8, 4) is 0 Å². The molecule has 0 bridgehead atoms. The number of aromatic nitrogens is 2. The summed E-state index contributed by atoms with van der Waals surface area (Å²) in [7, 11) is 0. The lowest BCUT2D eigenvalue weighted by molar-refractivity contribution is 0.265. The summed E-state index contributed by atoms with van der Waals surface area (Å²) >= 11 is 0. The van der Waals surface area contributed by atoms with Crippen LogP contribution in [0.4, 0.5) is 5.95 Å². The molecule has 1 aliphatic heterocycles. The molecular formula is C10H15N3O. The molecule has 2 heterocycles. The minimum atomic E-state index is 0.192. The van der Waals surface area contributed by atoms with Crippen molar-refractivity contribution in [3.63, 3.8) is 0 Å². The van der Waals surface area contributed by atoms with Crippen LogP contribution in [0.1, 0.15) is 18.5 Å². The molecule has 1 N–H and O–H groups in total. The Morgan fingerprint density at radius 1 is 1.64 bits per heavy atom. The van der Waals surface area contributed by atoms with Crippen molar-refractivity contribution in [2.45, 2.75) is 25.8 Å². The summed E-state index contributed by atoms with van der Waals surface area (Å²) in [5.74, 6) is 0.751. The highest BCUT2D eigenvalue weighted by atomic mass is 16.3. The lowest BCUT2D eigenvalue weighted by Crippen LogP contribution is -2.33. The Hall–Kier alpha value is -1.16. The molecule has 76 valence electrons. The summed E-state index contributed by atoms with van der Waals surface area (Å²) in [6.45, 7) is 3.10. The van der Waals surface area contributed by atoms with E-state index in [-0.39, 0.29) is 12.6 Å². The molecule has 0 aliphatic carbocycles. The quantitative estimate of drug-likeness (QED) is 0.753. The van der Waals surface area contributed by atoms with Crippen molar-refractivity contribution in [1.82, 2.24) is 9.97 Å². The summed E-state index contributed by atoms with van der Waals surface area (Å²) in [4.78, 5) is 10.7. The third-order valence-electron chi connectivity index (χ3n) is 2.63. The van der Waals surface area contributed by atoms with E-state index >= 15 is 0 Å². The van der Waals surface area contributed by atoms with Gasteiger partial charge in [0.15, 0.2) is 0 Å². The van der Waals surface area contributed by atoms with Crippen LogP contribution < -0.4 is 4.90 Å². The smallest absolute Gasteiger partial charge is 0.225 e. The molecule has 0 radical (unpaired) electrons. The van der Waals surface area contributed by atoms with Gasteiger partial charge in [-0.15, -0.1) is 0 Å². The number of hydrogen-bond donors (Lipinski definition) is 1. The fraction of sp³-hybridized carbons (Fsp3) is 0.600. The maximum absolute atomic E-state index is 9.17. The van der Waals surface area contributed by atoms with Gasteiger partial charge in [-0.05, 0) is 25.8 Å². The molecule has 2 rings (SSSR count). The van der Waals surface area contributed by atoms with E-state index in [0.29, 0.717) is 0 Å². The van der Waals surface area contributed by atoms with E-state index in [9.17, 15) is 0 Å². The second-order valence-corrected chi connectivity index (χ2v) is 3.67. The van der Waals surface area contributed by atoms with Crippen molar-refractivity contribution in [2.75, 3.05) is 18.1 Å². The summed E-state index contributed by atoms with van der Waals surface area (Å²) in [6, 6.07) is 2.09. The summed E-state index contributed by atoms with van der Waals surface area (Å²) in [5.41, 5.74) is 0.971. The van der Waals surface area contributed by atoms with Crippen molar-refractivity contribution >= 4 is 5.95 Å². The topological polar surface area (TPSA) is 49.2 Å². The highest BCUT2D eigenvalue weighted by Crippen LogP contribution is 2.21. The Bertz CT molecular complexity index is 316. The van der Waals surface area contributed by atoms with Crippen LogP contribution in [0.3, 0.4) is 0 Å². The average Bonchev–Trinajstić information content (AvgIpc) is 2.65.